The van der Waals surface area contributed by atoms with Crippen LogP contribution in [0.2, 0.25) is 0 Å². The second-order valence-electron chi connectivity index (χ2n) is 5.01. The van der Waals surface area contributed by atoms with Crippen molar-refractivity contribution in [2.45, 2.75) is 13.3 Å². The van der Waals surface area contributed by atoms with Crippen LogP contribution in [0.15, 0.2) is 46.9 Å². The van der Waals surface area contributed by atoms with Gasteiger partial charge in [0.1, 0.15) is 16.9 Å². The number of nitro groups is 1. The van der Waals surface area contributed by atoms with Gasteiger partial charge in [-0.3, -0.25) is 14.9 Å². The van der Waals surface area contributed by atoms with E-state index in [-0.39, 0.29) is 28.0 Å². The number of fused-ring (bicyclic) bond motifs is 1. The Labute approximate surface area is 131 Å². The van der Waals surface area contributed by atoms with Gasteiger partial charge in [0.25, 0.3) is 5.69 Å². The summed E-state index contributed by atoms with van der Waals surface area (Å²) in [4.78, 5) is 23.5. The molecule has 0 fully saturated rings. The van der Waals surface area contributed by atoms with Crippen LogP contribution in [-0.2, 0) is 6.42 Å². The van der Waals surface area contributed by atoms with E-state index in [0.29, 0.717) is 17.7 Å². The molecule has 0 atom stereocenters. The molecule has 116 valence electrons. The molecule has 0 aliphatic rings. The molecule has 0 amide bonds. The Balaban J connectivity index is 2.36. The van der Waals surface area contributed by atoms with E-state index in [0.717, 1.165) is 0 Å². The Morgan fingerprint density at radius 1 is 1.22 bits per heavy atom. The highest BCUT2D eigenvalue weighted by Crippen LogP contribution is 2.39. The summed E-state index contributed by atoms with van der Waals surface area (Å²) in [5.41, 5.74) is 0.0516. The first-order valence-corrected chi connectivity index (χ1v) is 7.06. The SMILES string of the molecule is CCc1oc2ccc([N+](=O)[O-])c(C(=O)c3ccccc3)c2c1O. The highest BCUT2D eigenvalue weighted by atomic mass is 16.6. The van der Waals surface area contributed by atoms with Crippen molar-refractivity contribution in [1.82, 2.24) is 0 Å². The van der Waals surface area contributed by atoms with Gasteiger partial charge in [-0.15, -0.1) is 0 Å². The number of benzene rings is 2. The third-order valence-corrected chi connectivity index (χ3v) is 3.66. The maximum absolute atomic E-state index is 12.8. The van der Waals surface area contributed by atoms with Crippen LogP contribution in [0.1, 0.15) is 28.6 Å². The number of rotatable bonds is 4. The molecular formula is C17H13NO5. The molecule has 0 saturated carbocycles. The topological polar surface area (TPSA) is 93.6 Å². The Morgan fingerprint density at radius 3 is 2.52 bits per heavy atom. The van der Waals surface area contributed by atoms with E-state index in [9.17, 15) is 20.0 Å². The highest BCUT2D eigenvalue weighted by Gasteiger charge is 2.29. The van der Waals surface area contributed by atoms with Gasteiger partial charge in [0.15, 0.2) is 5.75 Å². The first-order valence-electron chi connectivity index (χ1n) is 7.06. The maximum atomic E-state index is 12.8. The second kappa shape index (κ2) is 5.57. The molecule has 0 radical (unpaired) electrons. The van der Waals surface area contributed by atoms with Gasteiger partial charge in [-0.1, -0.05) is 37.3 Å². The highest BCUT2D eigenvalue weighted by molar-refractivity contribution is 6.19. The van der Waals surface area contributed by atoms with Crippen LogP contribution in [-0.4, -0.2) is 15.8 Å². The van der Waals surface area contributed by atoms with Crippen molar-refractivity contribution in [1.29, 1.82) is 0 Å². The largest absolute Gasteiger partial charge is 0.504 e. The van der Waals surface area contributed by atoms with Crippen molar-refractivity contribution in [3.8, 4) is 5.75 Å². The summed E-state index contributed by atoms with van der Waals surface area (Å²) in [6.07, 6.45) is 0.410. The lowest BCUT2D eigenvalue weighted by atomic mass is 9.97. The minimum atomic E-state index is -0.631. The van der Waals surface area contributed by atoms with Crippen LogP contribution in [0.25, 0.3) is 11.0 Å². The smallest absolute Gasteiger partial charge is 0.281 e. The third kappa shape index (κ3) is 2.34. The van der Waals surface area contributed by atoms with Crippen molar-refractivity contribution in [3.05, 3.63) is 69.5 Å². The molecule has 0 bridgehead atoms. The lowest BCUT2D eigenvalue weighted by Gasteiger charge is -2.04. The zero-order chi connectivity index (χ0) is 16.6. The van der Waals surface area contributed by atoms with Gasteiger partial charge in [0, 0.05) is 18.1 Å². The van der Waals surface area contributed by atoms with Gasteiger partial charge in [-0.2, -0.15) is 0 Å². The zero-order valence-corrected chi connectivity index (χ0v) is 12.3. The van der Waals surface area contributed by atoms with Crippen LogP contribution in [0.5, 0.6) is 5.75 Å². The van der Waals surface area contributed by atoms with Crippen molar-refractivity contribution in [2.75, 3.05) is 0 Å². The zero-order valence-electron chi connectivity index (χ0n) is 12.3. The molecular weight excluding hydrogens is 298 g/mol. The van der Waals surface area contributed by atoms with Gasteiger partial charge in [0.05, 0.1) is 10.3 Å². The normalized spacial score (nSPS) is 10.8. The molecule has 3 rings (SSSR count). The lowest BCUT2D eigenvalue weighted by molar-refractivity contribution is -0.385. The molecule has 3 aromatic rings. The average Bonchev–Trinajstić information content (AvgIpc) is 2.90. The predicted octanol–water partition coefficient (Wildman–Crippen LogP) is 3.84. The van der Waals surface area contributed by atoms with Crippen LogP contribution < -0.4 is 0 Å². The summed E-state index contributed by atoms with van der Waals surface area (Å²) < 4.78 is 5.48. The van der Waals surface area contributed by atoms with Crippen LogP contribution >= 0.6 is 0 Å². The molecule has 1 heterocycles. The number of carbonyl (C=O) groups excluding carboxylic acids is 1. The minimum Gasteiger partial charge on any atom is -0.504 e. The van der Waals surface area contributed by atoms with Crippen LogP contribution in [0.3, 0.4) is 0 Å². The summed E-state index contributed by atoms with van der Waals surface area (Å²) in [5.74, 6) is -0.449. The van der Waals surface area contributed by atoms with E-state index in [1.807, 2.05) is 0 Å². The fraction of sp³-hybridized carbons (Fsp3) is 0.118. The van der Waals surface area contributed by atoms with E-state index in [1.54, 1.807) is 37.3 Å². The molecule has 0 unspecified atom stereocenters. The number of hydrogen-bond donors (Lipinski definition) is 1. The van der Waals surface area contributed by atoms with Crippen molar-refractivity contribution in [2.24, 2.45) is 0 Å². The Bertz CT molecular complexity index is 912. The number of aryl methyl sites for hydroxylation is 1. The van der Waals surface area contributed by atoms with E-state index < -0.39 is 10.7 Å². The summed E-state index contributed by atoms with van der Waals surface area (Å²) in [5, 5.41) is 21.7. The Hall–Kier alpha value is -3.15. The predicted molar refractivity (Wildman–Crippen MR) is 83.8 cm³/mol. The molecule has 1 N–H and O–H groups in total. The minimum absolute atomic E-state index is 0.0879. The number of nitro benzene ring substituents is 1. The first-order chi connectivity index (χ1) is 11.0. The van der Waals surface area contributed by atoms with E-state index in [2.05, 4.69) is 0 Å². The molecule has 0 saturated heterocycles. The molecule has 2 aromatic carbocycles. The van der Waals surface area contributed by atoms with Crippen molar-refractivity contribution >= 4 is 22.4 Å². The first kappa shape index (κ1) is 14.8. The molecule has 0 aliphatic heterocycles. The number of ketones is 1. The van der Waals surface area contributed by atoms with Gasteiger partial charge in [-0.25, -0.2) is 0 Å². The molecule has 23 heavy (non-hydrogen) atoms. The van der Waals surface area contributed by atoms with E-state index in [1.165, 1.54) is 12.1 Å². The number of furan rings is 1. The van der Waals surface area contributed by atoms with Gasteiger partial charge >= 0.3 is 0 Å². The number of hydrogen-bond acceptors (Lipinski definition) is 5. The van der Waals surface area contributed by atoms with Gasteiger partial charge in [0.2, 0.25) is 5.78 Å². The number of carbonyl (C=O) groups is 1. The number of nitrogens with zero attached hydrogens (tertiary/aromatic N) is 1. The third-order valence-electron chi connectivity index (χ3n) is 3.66. The molecule has 0 spiro atoms. The van der Waals surface area contributed by atoms with Crippen LogP contribution in [0.4, 0.5) is 5.69 Å². The monoisotopic (exact) mass is 311 g/mol. The molecule has 6 nitrogen and oxygen atoms in total. The van der Waals surface area contributed by atoms with Gasteiger partial charge < -0.3 is 9.52 Å². The number of aromatic hydroxyl groups is 1. The average molecular weight is 311 g/mol. The molecule has 0 aliphatic carbocycles. The fourth-order valence-corrected chi connectivity index (χ4v) is 2.57. The van der Waals surface area contributed by atoms with Crippen molar-refractivity contribution < 1.29 is 19.2 Å². The Kier molecular flexibility index (Phi) is 3.57. The summed E-state index contributed by atoms with van der Waals surface area (Å²) in [6.45, 7) is 1.78. The van der Waals surface area contributed by atoms with Crippen molar-refractivity contribution in [3.63, 3.8) is 0 Å². The van der Waals surface area contributed by atoms with E-state index >= 15 is 0 Å². The van der Waals surface area contributed by atoms with Crippen LogP contribution in [0, 0.1) is 10.1 Å². The summed E-state index contributed by atoms with van der Waals surface area (Å²) in [6, 6.07) is 10.9. The molecule has 6 heteroatoms. The lowest BCUT2D eigenvalue weighted by Crippen LogP contribution is -2.06. The summed E-state index contributed by atoms with van der Waals surface area (Å²) >= 11 is 0. The standard InChI is InChI=1S/C17H13NO5/c1-2-12-17(20)15-13(23-12)9-8-11(18(21)22)14(15)16(19)10-6-4-3-5-7-10/h3-9,20H,2H2,1H3. The van der Waals surface area contributed by atoms with E-state index in [4.69, 9.17) is 4.42 Å². The van der Waals surface area contributed by atoms with Gasteiger partial charge in [-0.05, 0) is 6.07 Å². The Morgan fingerprint density at radius 2 is 1.91 bits per heavy atom. The maximum Gasteiger partial charge on any atom is 0.281 e. The molecule has 1 aromatic heterocycles. The summed E-state index contributed by atoms with van der Waals surface area (Å²) in [7, 11) is 0. The fourth-order valence-electron chi connectivity index (χ4n) is 2.57. The second-order valence-corrected chi connectivity index (χ2v) is 5.01. The quantitative estimate of drug-likeness (QED) is 0.449.